The third-order valence-electron chi connectivity index (χ3n) is 7.68. The maximum atomic E-state index is 13.6. The highest BCUT2D eigenvalue weighted by Gasteiger charge is 2.75. The van der Waals surface area contributed by atoms with E-state index in [0.29, 0.717) is 17.6 Å². The highest BCUT2D eigenvalue weighted by molar-refractivity contribution is 7.89. The number of rotatable bonds is 20. The van der Waals surface area contributed by atoms with Gasteiger partial charge in [-0.05, 0) is 39.9 Å². The first-order valence-corrected chi connectivity index (χ1v) is 20.4. The van der Waals surface area contributed by atoms with Gasteiger partial charge in [0.15, 0.2) is 0 Å². The first kappa shape index (κ1) is 65.5. The van der Waals surface area contributed by atoms with E-state index in [1.165, 1.54) is 6.38 Å². The molecule has 0 heterocycles. The Morgan fingerprint density at radius 2 is 0.800 bits per heavy atom. The lowest BCUT2D eigenvalue weighted by atomic mass is 9.88. The van der Waals surface area contributed by atoms with Crippen LogP contribution in [0.3, 0.4) is 0 Å². The topological polar surface area (TPSA) is 95.6 Å². The fourth-order valence-corrected chi connectivity index (χ4v) is 6.76. The van der Waals surface area contributed by atoms with Crippen LogP contribution < -0.4 is 21.9 Å². The van der Waals surface area contributed by atoms with Gasteiger partial charge in [0.05, 0.1) is 51.0 Å². The molecule has 0 fully saturated rings. The second-order valence-electron chi connectivity index (χ2n) is 14.0. The van der Waals surface area contributed by atoms with Crippen LogP contribution in [0.5, 0.6) is 0 Å². The standard InChI is InChI=1S/C14H23F10N2O2S.C13H20F10N2O2S.CH3Cl.ClH/c1-26(2,3)7-4-6-25-29(27,28)8-5-10(12(16,17)18)9-11(15,13(19,20)21)14(22,23)24;1-25(2)6-3-5-24-28(26,27)7-4-9(11(15,16)17)8-10(14,12(18,19)20)13(21,22)23;1-2;/h10,25H,4-9H2,1-3H3;9,24H,3-8H2,1-2H3;1H3;1H/q+1;;;/p-1. The summed E-state index contributed by atoms with van der Waals surface area (Å²) in [7, 11) is -0.165. The molecule has 0 aliphatic rings. The molecular weight excluding hydrogens is 971 g/mol. The minimum absolute atomic E-state index is 0. The summed E-state index contributed by atoms with van der Waals surface area (Å²) in [6, 6.07) is 0. The van der Waals surface area contributed by atoms with Crippen molar-refractivity contribution < 1.29 is 122 Å². The van der Waals surface area contributed by atoms with Crippen molar-refractivity contribution in [1.29, 1.82) is 0 Å². The van der Waals surface area contributed by atoms with E-state index in [1.807, 2.05) is 9.44 Å². The molecule has 0 aliphatic carbocycles. The molecule has 368 valence electrons. The van der Waals surface area contributed by atoms with Crippen LogP contribution >= 0.6 is 11.6 Å². The Balaban J connectivity index is -0.000000494. The molecule has 0 bridgehead atoms. The predicted octanol–water partition coefficient (Wildman–Crippen LogP) is 5.30. The number of nitrogens with one attached hydrogen (secondary N) is 2. The van der Waals surface area contributed by atoms with E-state index in [-0.39, 0.29) is 38.3 Å². The molecule has 0 saturated heterocycles. The van der Waals surface area contributed by atoms with Gasteiger partial charge in [0.2, 0.25) is 20.0 Å². The lowest BCUT2D eigenvalue weighted by molar-refractivity contribution is -0.870. The van der Waals surface area contributed by atoms with Crippen LogP contribution in [-0.4, -0.2) is 154 Å². The number of hydrogen-bond acceptors (Lipinski definition) is 5. The Bertz CT molecular complexity index is 1400. The molecule has 60 heavy (non-hydrogen) atoms. The Labute approximate surface area is 345 Å². The SMILES string of the molecule is CCl.CN(C)CCCNS(=O)(=O)CCC(CC(F)(C(F)(F)F)C(F)(F)F)C(F)(F)F.C[N+](C)(C)CCCNS(=O)(=O)CCC(CC(F)(C(F)(F)F)C(F)(F)F)C(F)(F)F.[Cl-]. The molecule has 0 rings (SSSR count). The van der Waals surface area contributed by atoms with Gasteiger partial charge in [-0.2, -0.15) is 79.0 Å². The predicted molar refractivity (Wildman–Crippen MR) is 175 cm³/mol. The van der Waals surface area contributed by atoms with E-state index in [2.05, 4.69) is 11.6 Å². The molecule has 8 nitrogen and oxygen atoms in total. The van der Waals surface area contributed by atoms with E-state index in [0.717, 1.165) is 0 Å². The second kappa shape index (κ2) is 24.3. The highest BCUT2D eigenvalue weighted by Crippen LogP contribution is 2.53. The summed E-state index contributed by atoms with van der Waals surface area (Å²) in [6.07, 6.45) is -45.3. The molecule has 0 aromatic carbocycles. The van der Waals surface area contributed by atoms with Crippen LogP contribution in [0.25, 0.3) is 0 Å². The number of hydrogen-bond donors (Lipinski definition) is 2. The van der Waals surface area contributed by atoms with Crippen molar-refractivity contribution in [3.63, 3.8) is 0 Å². The number of quaternary nitrogens is 1. The Morgan fingerprint density at radius 3 is 1.02 bits per heavy atom. The van der Waals surface area contributed by atoms with Crippen LogP contribution in [0.15, 0.2) is 0 Å². The zero-order valence-corrected chi connectivity index (χ0v) is 35.4. The zero-order valence-electron chi connectivity index (χ0n) is 32.3. The molecule has 32 heteroatoms. The lowest BCUT2D eigenvalue weighted by Gasteiger charge is -2.33. The van der Waals surface area contributed by atoms with Crippen molar-refractivity contribution >= 4 is 31.6 Å². The van der Waals surface area contributed by atoms with E-state index in [1.54, 1.807) is 40.1 Å². The molecule has 2 atom stereocenters. The third-order valence-corrected chi connectivity index (χ3v) is 10.5. The fourth-order valence-electron chi connectivity index (χ4n) is 4.37. The largest absolute Gasteiger partial charge is 1.00 e. The molecule has 2 unspecified atom stereocenters. The number of halogens is 22. The van der Waals surface area contributed by atoms with Crippen molar-refractivity contribution in [2.24, 2.45) is 11.8 Å². The normalized spacial score (nSPS) is 15.3. The maximum absolute atomic E-state index is 13.6. The van der Waals surface area contributed by atoms with E-state index in [4.69, 9.17) is 0 Å². The summed E-state index contributed by atoms with van der Waals surface area (Å²) in [5.74, 6) is -9.77. The van der Waals surface area contributed by atoms with Gasteiger partial charge in [-0.25, -0.2) is 35.1 Å². The van der Waals surface area contributed by atoms with Gasteiger partial charge in [0.25, 0.3) is 11.3 Å². The molecule has 0 aromatic rings. The van der Waals surface area contributed by atoms with Crippen molar-refractivity contribution in [1.82, 2.24) is 14.3 Å². The van der Waals surface area contributed by atoms with Crippen molar-refractivity contribution in [3.8, 4) is 0 Å². The van der Waals surface area contributed by atoms with Gasteiger partial charge in [-0.3, -0.25) is 0 Å². The first-order chi connectivity index (χ1) is 25.7. The molecule has 0 radical (unpaired) electrons. The average molecular weight is 1020 g/mol. The summed E-state index contributed by atoms with van der Waals surface area (Å²) in [4.78, 5) is 1.67. The molecule has 0 aliphatic heterocycles. The maximum Gasteiger partial charge on any atom is 0.431 e. The van der Waals surface area contributed by atoms with Crippen LogP contribution in [0.2, 0.25) is 0 Å². The summed E-state index contributed by atoms with van der Waals surface area (Å²) < 4.78 is 306. The molecule has 2 N–H and O–H groups in total. The van der Waals surface area contributed by atoms with Gasteiger partial charge in [0.1, 0.15) is 0 Å². The van der Waals surface area contributed by atoms with Gasteiger partial charge in [0, 0.05) is 38.7 Å². The Morgan fingerprint density at radius 1 is 0.533 bits per heavy atom. The summed E-state index contributed by atoms with van der Waals surface area (Å²) in [5, 5.41) is 0. The molecular formula is C28H46Cl2F20N4O4S2. The van der Waals surface area contributed by atoms with Crippen LogP contribution in [0.1, 0.15) is 38.5 Å². The monoisotopic (exact) mass is 1020 g/mol. The van der Waals surface area contributed by atoms with E-state index >= 15 is 0 Å². The highest BCUT2D eigenvalue weighted by atomic mass is 35.5. The second-order valence-corrected chi connectivity index (χ2v) is 17.9. The average Bonchev–Trinajstić information content (AvgIpc) is 2.99. The Kier molecular flexibility index (Phi) is 26.5. The Hall–Kier alpha value is -1.08. The first-order valence-electron chi connectivity index (χ1n) is 16.3. The van der Waals surface area contributed by atoms with E-state index in [9.17, 15) is 105 Å². The molecule has 0 amide bonds. The third kappa shape index (κ3) is 24.1. The summed E-state index contributed by atoms with van der Waals surface area (Å²) in [5.41, 5.74) is -12.2. The van der Waals surface area contributed by atoms with Crippen LogP contribution in [0.4, 0.5) is 87.8 Å². The van der Waals surface area contributed by atoms with Gasteiger partial charge in [-0.1, -0.05) is 0 Å². The van der Waals surface area contributed by atoms with Crippen LogP contribution in [0, 0.1) is 11.8 Å². The molecule has 0 saturated carbocycles. The summed E-state index contributed by atoms with van der Waals surface area (Å²) in [6.45, 7) is 0.506. The number of sulfonamides is 2. The van der Waals surface area contributed by atoms with Gasteiger partial charge >= 0.3 is 37.1 Å². The number of alkyl halides is 21. The van der Waals surface area contributed by atoms with Crippen molar-refractivity contribution in [2.45, 2.75) is 86.9 Å². The number of nitrogens with zero attached hydrogens (tertiary/aromatic N) is 2. The van der Waals surface area contributed by atoms with Crippen molar-refractivity contribution in [3.05, 3.63) is 0 Å². The minimum atomic E-state index is -6.66. The molecule has 0 spiro atoms. The van der Waals surface area contributed by atoms with Crippen molar-refractivity contribution in [2.75, 3.05) is 79.3 Å². The van der Waals surface area contributed by atoms with Crippen LogP contribution in [-0.2, 0) is 20.0 Å². The lowest BCUT2D eigenvalue weighted by Crippen LogP contribution is -3.00. The minimum Gasteiger partial charge on any atom is -1.00 e. The smallest absolute Gasteiger partial charge is 0.431 e. The fraction of sp³-hybridized carbons (Fsp3) is 1.00. The zero-order chi connectivity index (χ0) is 48.1. The summed E-state index contributed by atoms with van der Waals surface area (Å²) >= 11 is 4.64. The van der Waals surface area contributed by atoms with Gasteiger partial charge < -0.3 is 21.8 Å². The van der Waals surface area contributed by atoms with E-state index < -0.39 is 117 Å². The molecule has 0 aromatic heterocycles. The quantitative estimate of drug-likeness (QED) is 0.0748. The van der Waals surface area contributed by atoms with Gasteiger partial charge in [-0.15, -0.1) is 11.6 Å².